The van der Waals surface area contributed by atoms with Crippen molar-refractivity contribution in [3.8, 4) is 11.4 Å². The number of carbonyl (C=O) groups is 1. The Balaban J connectivity index is 1.35. The Kier molecular flexibility index (Phi) is 7.25. The van der Waals surface area contributed by atoms with Crippen LogP contribution in [0, 0.1) is 0 Å². The maximum Gasteiger partial charge on any atom is 0.235 e. The van der Waals surface area contributed by atoms with Crippen LogP contribution in [-0.4, -0.2) is 62.0 Å². The molecule has 10 heteroatoms. The van der Waals surface area contributed by atoms with Crippen LogP contribution in [0.3, 0.4) is 0 Å². The molecule has 1 aliphatic rings. The molecule has 4 rings (SSSR count). The second kappa shape index (κ2) is 10.1. The molecule has 0 radical (unpaired) electrons. The first-order valence-electron chi connectivity index (χ1n) is 10.3. The molecule has 168 valence electrons. The zero-order valence-corrected chi connectivity index (χ0v) is 19.9. The number of nitrogens with two attached hydrogens (primary N) is 1. The minimum absolute atomic E-state index is 0.0726. The highest BCUT2D eigenvalue weighted by Gasteiger charge is 2.27. The van der Waals surface area contributed by atoms with E-state index < -0.39 is 0 Å². The van der Waals surface area contributed by atoms with Crippen LogP contribution in [-0.2, 0) is 11.3 Å². The van der Waals surface area contributed by atoms with Gasteiger partial charge in [0, 0.05) is 43.3 Å². The zero-order chi connectivity index (χ0) is 22.7. The molecule has 0 aliphatic carbocycles. The highest BCUT2D eigenvalue weighted by Crippen LogP contribution is 2.31. The van der Waals surface area contributed by atoms with Gasteiger partial charge in [0.2, 0.25) is 11.1 Å². The molecule has 2 heterocycles. The van der Waals surface area contributed by atoms with Gasteiger partial charge in [0.1, 0.15) is 0 Å². The van der Waals surface area contributed by atoms with Crippen LogP contribution in [0.4, 0.5) is 0 Å². The fourth-order valence-electron chi connectivity index (χ4n) is 3.65. The third kappa shape index (κ3) is 5.20. The Morgan fingerprint density at radius 2 is 1.81 bits per heavy atom. The molecule has 1 aromatic heterocycles. The lowest BCUT2D eigenvalue weighted by Crippen LogP contribution is -2.50. The quantitative estimate of drug-likeness (QED) is 0.418. The minimum Gasteiger partial charge on any atom is -0.339 e. The summed E-state index contributed by atoms with van der Waals surface area (Å²) in [7, 11) is 0. The minimum atomic E-state index is -0.337. The van der Waals surface area contributed by atoms with E-state index in [4.69, 9.17) is 29.0 Å². The van der Waals surface area contributed by atoms with Crippen molar-refractivity contribution in [2.24, 2.45) is 0 Å². The van der Waals surface area contributed by atoms with E-state index in [9.17, 15) is 4.79 Å². The van der Waals surface area contributed by atoms with E-state index in [1.165, 1.54) is 22.0 Å². The van der Waals surface area contributed by atoms with Gasteiger partial charge in [0.05, 0.1) is 10.3 Å². The number of benzene rings is 2. The topological polar surface area (TPSA) is 80.3 Å². The summed E-state index contributed by atoms with van der Waals surface area (Å²) in [6, 6.07) is 15.5. The van der Waals surface area contributed by atoms with Crippen LogP contribution in [0.5, 0.6) is 0 Å². The number of amides is 1. The highest BCUT2D eigenvalue weighted by atomic mass is 35.5. The van der Waals surface area contributed by atoms with Crippen LogP contribution >= 0.6 is 35.0 Å². The average molecular weight is 491 g/mol. The van der Waals surface area contributed by atoms with Gasteiger partial charge in [-0.15, -0.1) is 10.2 Å². The van der Waals surface area contributed by atoms with Gasteiger partial charge >= 0.3 is 0 Å². The van der Waals surface area contributed by atoms with Crippen LogP contribution in [0.15, 0.2) is 53.7 Å². The SMILES string of the molecule is CC(Sc1nnc(-c2ccc(Cl)cc2Cl)n1N)C(=O)N1CCN(Cc2ccccc2)CC1. The van der Waals surface area contributed by atoms with Gasteiger partial charge in [-0.25, -0.2) is 4.68 Å². The van der Waals surface area contributed by atoms with E-state index >= 15 is 0 Å². The number of aromatic nitrogens is 3. The van der Waals surface area contributed by atoms with Crippen molar-refractivity contribution in [1.82, 2.24) is 24.7 Å². The van der Waals surface area contributed by atoms with Gasteiger partial charge in [-0.2, -0.15) is 0 Å². The van der Waals surface area contributed by atoms with Crippen molar-refractivity contribution in [3.63, 3.8) is 0 Å². The van der Waals surface area contributed by atoms with Crippen LogP contribution in [0.2, 0.25) is 10.0 Å². The Hall–Kier alpha value is -2.26. The normalized spacial score (nSPS) is 15.7. The van der Waals surface area contributed by atoms with Gasteiger partial charge in [-0.1, -0.05) is 65.3 Å². The second-order valence-electron chi connectivity index (χ2n) is 7.65. The van der Waals surface area contributed by atoms with Gasteiger partial charge in [0.15, 0.2) is 5.82 Å². The Morgan fingerprint density at radius 3 is 2.50 bits per heavy atom. The number of hydrogen-bond acceptors (Lipinski definition) is 6. The molecule has 1 unspecified atom stereocenters. The molecule has 1 atom stereocenters. The monoisotopic (exact) mass is 490 g/mol. The molecular formula is C22H24Cl2N6OS. The number of carbonyl (C=O) groups excluding carboxylic acids is 1. The molecule has 1 amide bonds. The summed E-state index contributed by atoms with van der Waals surface area (Å²) in [5, 5.41) is 9.40. The number of piperazine rings is 1. The fraction of sp³-hybridized carbons (Fsp3) is 0.318. The molecule has 2 aromatic carbocycles. The van der Waals surface area contributed by atoms with Crippen LogP contribution in [0.1, 0.15) is 12.5 Å². The van der Waals surface area contributed by atoms with Crippen molar-refractivity contribution in [1.29, 1.82) is 0 Å². The van der Waals surface area contributed by atoms with Crippen molar-refractivity contribution in [2.45, 2.75) is 23.9 Å². The van der Waals surface area contributed by atoms with Crippen LogP contribution < -0.4 is 5.84 Å². The standard InChI is InChI=1S/C22H24Cl2N6OS/c1-15(21(31)29-11-9-28(10-12-29)14-16-5-3-2-4-6-16)32-22-27-26-20(30(22)25)18-8-7-17(23)13-19(18)24/h2-8,13,15H,9-12,14,25H2,1H3. The average Bonchev–Trinajstić information content (AvgIpc) is 3.14. The van der Waals surface area contributed by atoms with Gasteiger partial charge in [0.25, 0.3) is 0 Å². The van der Waals surface area contributed by atoms with Crippen molar-refractivity contribution < 1.29 is 4.79 Å². The molecule has 1 aliphatic heterocycles. The third-order valence-electron chi connectivity index (χ3n) is 5.40. The fourth-order valence-corrected chi connectivity index (χ4v) is 4.99. The number of rotatable bonds is 6. The summed E-state index contributed by atoms with van der Waals surface area (Å²) >= 11 is 13.5. The summed E-state index contributed by atoms with van der Waals surface area (Å²) in [4.78, 5) is 17.3. The predicted octanol–water partition coefficient (Wildman–Crippen LogP) is 3.79. The van der Waals surface area contributed by atoms with Crippen molar-refractivity contribution in [3.05, 3.63) is 64.1 Å². The Morgan fingerprint density at radius 1 is 1.09 bits per heavy atom. The van der Waals surface area contributed by atoms with Gasteiger partial charge < -0.3 is 10.7 Å². The number of nitrogen functional groups attached to an aromatic ring is 1. The Labute approximate surface area is 201 Å². The molecule has 0 spiro atoms. The molecule has 1 fully saturated rings. The van der Waals surface area contributed by atoms with E-state index in [0.717, 1.165) is 19.6 Å². The highest BCUT2D eigenvalue weighted by molar-refractivity contribution is 8.00. The van der Waals surface area contributed by atoms with Gasteiger partial charge in [-0.05, 0) is 30.7 Å². The maximum absolute atomic E-state index is 13.0. The lowest BCUT2D eigenvalue weighted by molar-refractivity contribution is -0.132. The maximum atomic E-state index is 13.0. The molecule has 2 N–H and O–H groups in total. The molecule has 0 bridgehead atoms. The summed E-state index contributed by atoms with van der Waals surface area (Å²) in [6.45, 7) is 5.89. The molecule has 1 saturated heterocycles. The van der Waals surface area contributed by atoms with Crippen molar-refractivity contribution in [2.75, 3.05) is 32.0 Å². The van der Waals surface area contributed by atoms with E-state index in [0.29, 0.717) is 39.7 Å². The van der Waals surface area contributed by atoms with E-state index in [2.05, 4.69) is 39.4 Å². The number of nitrogens with zero attached hydrogens (tertiary/aromatic N) is 5. The number of halogens is 2. The molecular weight excluding hydrogens is 467 g/mol. The predicted molar refractivity (Wildman–Crippen MR) is 129 cm³/mol. The van der Waals surface area contributed by atoms with E-state index in [1.807, 2.05) is 17.9 Å². The Bertz CT molecular complexity index is 1090. The molecule has 7 nitrogen and oxygen atoms in total. The first-order chi connectivity index (χ1) is 15.4. The second-order valence-corrected chi connectivity index (χ2v) is 9.80. The van der Waals surface area contributed by atoms with Crippen molar-refractivity contribution >= 4 is 40.9 Å². The van der Waals surface area contributed by atoms with E-state index in [1.54, 1.807) is 18.2 Å². The zero-order valence-electron chi connectivity index (χ0n) is 17.6. The van der Waals surface area contributed by atoms with Gasteiger partial charge in [-0.3, -0.25) is 9.69 Å². The lowest BCUT2D eigenvalue weighted by Gasteiger charge is -2.35. The number of hydrogen-bond donors (Lipinski definition) is 1. The van der Waals surface area contributed by atoms with Crippen LogP contribution in [0.25, 0.3) is 11.4 Å². The summed E-state index contributed by atoms with van der Waals surface area (Å²) in [5.74, 6) is 6.70. The first-order valence-corrected chi connectivity index (χ1v) is 11.9. The molecule has 32 heavy (non-hydrogen) atoms. The summed E-state index contributed by atoms with van der Waals surface area (Å²) in [5.41, 5.74) is 1.92. The molecule has 0 saturated carbocycles. The molecule has 3 aromatic rings. The lowest BCUT2D eigenvalue weighted by atomic mass is 10.2. The summed E-state index contributed by atoms with van der Waals surface area (Å²) in [6.07, 6.45) is 0. The summed E-state index contributed by atoms with van der Waals surface area (Å²) < 4.78 is 1.36. The first kappa shape index (κ1) is 22.9. The number of thioether (sulfide) groups is 1. The van der Waals surface area contributed by atoms with E-state index in [-0.39, 0.29) is 11.2 Å². The smallest absolute Gasteiger partial charge is 0.235 e. The third-order valence-corrected chi connectivity index (χ3v) is 6.99. The largest absolute Gasteiger partial charge is 0.339 e.